The molecule has 26 heavy (non-hydrogen) atoms. The van der Waals surface area contributed by atoms with Crippen LogP contribution in [0.25, 0.3) is 10.6 Å². The fraction of sp³-hybridized carbons (Fsp3) is 0.312. The van der Waals surface area contributed by atoms with Crippen LogP contribution >= 0.6 is 23.1 Å². The number of H-pyrrole nitrogens is 1. The Balaban J connectivity index is 1.70. The maximum atomic E-state index is 12.6. The first-order chi connectivity index (χ1) is 12.4. The van der Waals surface area contributed by atoms with Gasteiger partial charge in [0.2, 0.25) is 0 Å². The molecule has 3 rings (SSSR count). The first-order valence-electron chi connectivity index (χ1n) is 7.78. The van der Waals surface area contributed by atoms with Crippen LogP contribution in [-0.4, -0.2) is 19.7 Å². The lowest BCUT2D eigenvalue weighted by Crippen LogP contribution is -2.17. The number of nitrogens with one attached hydrogen (secondary N) is 1. The van der Waals surface area contributed by atoms with Crippen LogP contribution in [-0.2, 0) is 18.5 Å². The van der Waals surface area contributed by atoms with Crippen molar-refractivity contribution in [3.05, 3.63) is 51.4 Å². The van der Waals surface area contributed by atoms with Crippen LogP contribution in [0.3, 0.4) is 0 Å². The number of rotatable bonds is 6. The summed E-state index contributed by atoms with van der Waals surface area (Å²) < 4.78 is 39.5. The van der Waals surface area contributed by atoms with Gasteiger partial charge >= 0.3 is 11.9 Å². The molecule has 0 aliphatic heterocycles. The largest absolute Gasteiger partial charge is 0.416 e. The van der Waals surface area contributed by atoms with E-state index in [-0.39, 0.29) is 5.69 Å². The molecule has 0 amide bonds. The van der Waals surface area contributed by atoms with Crippen molar-refractivity contribution in [2.45, 2.75) is 37.0 Å². The zero-order valence-electron chi connectivity index (χ0n) is 13.7. The van der Waals surface area contributed by atoms with Crippen molar-refractivity contribution in [1.82, 2.24) is 19.7 Å². The van der Waals surface area contributed by atoms with Crippen LogP contribution in [0, 0.1) is 0 Å². The van der Waals surface area contributed by atoms with E-state index in [0.717, 1.165) is 24.2 Å². The van der Waals surface area contributed by atoms with E-state index in [0.29, 0.717) is 28.0 Å². The molecule has 10 heteroatoms. The monoisotopic (exact) mass is 400 g/mol. The third kappa shape index (κ3) is 4.18. The second-order valence-corrected chi connectivity index (χ2v) is 7.27. The van der Waals surface area contributed by atoms with Gasteiger partial charge in [0.1, 0.15) is 5.01 Å². The smallest absolute Gasteiger partial charge is 0.270 e. The SMILES string of the molecule is CCCn1c(SCc2csc(-c3ccc(C(F)(F)F)cc3)n2)n[nH]c1=O. The fourth-order valence-electron chi connectivity index (χ4n) is 2.28. The highest BCUT2D eigenvalue weighted by molar-refractivity contribution is 7.98. The van der Waals surface area contributed by atoms with Gasteiger partial charge < -0.3 is 0 Å². The molecule has 0 aliphatic carbocycles. The number of thioether (sulfide) groups is 1. The zero-order valence-corrected chi connectivity index (χ0v) is 15.3. The van der Waals surface area contributed by atoms with Crippen LogP contribution in [0.2, 0.25) is 0 Å². The van der Waals surface area contributed by atoms with Crippen molar-refractivity contribution >= 4 is 23.1 Å². The lowest BCUT2D eigenvalue weighted by Gasteiger charge is -2.06. The molecule has 0 radical (unpaired) electrons. The summed E-state index contributed by atoms with van der Waals surface area (Å²) >= 11 is 2.76. The average molecular weight is 400 g/mol. The van der Waals surface area contributed by atoms with E-state index in [2.05, 4.69) is 15.2 Å². The van der Waals surface area contributed by atoms with E-state index in [1.807, 2.05) is 12.3 Å². The first kappa shape index (κ1) is 18.7. The summed E-state index contributed by atoms with van der Waals surface area (Å²) in [6.45, 7) is 2.57. The predicted octanol–water partition coefficient (Wildman–Crippen LogP) is 4.42. The van der Waals surface area contributed by atoms with Crippen LogP contribution in [0.1, 0.15) is 24.6 Å². The van der Waals surface area contributed by atoms with Gasteiger partial charge in [-0.1, -0.05) is 30.8 Å². The molecule has 2 aromatic heterocycles. The van der Waals surface area contributed by atoms with Gasteiger partial charge in [0.15, 0.2) is 5.16 Å². The highest BCUT2D eigenvalue weighted by Crippen LogP contribution is 2.32. The molecule has 0 saturated carbocycles. The zero-order chi connectivity index (χ0) is 18.7. The average Bonchev–Trinajstić information content (AvgIpc) is 3.21. The normalized spacial score (nSPS) is 11.8. The molecule has 0 saturated heterocycles. The third-order valence-electron chi connectivity index (χ3n) is 3.53. The van der Waals surface area contributed by atoms with E-state index in [9.17, 15) is 18.0 Å². The maximum absolute atomic E-state index is 12.6. The molecule has 0 aliphatic rings. The number of thiazole rings is 1. The van der Waals surface area contributed by atoms with E-state index in [1.54, 1.807) is 4.57 Å². The molecule has 0 unspecified atom stereocenters. The topological polar surface area (TPSA) is 63.6 Å². The van der Waals surface area contributed by atoms with Gasteiger partial charge in [0, 0.05) is 23.2 Å². The van der Waals surface area contributed by atoms with Crippen LogP contribution < -0.4 is 5.69 Å². The standard InChI is InChI=1S/C16H15F3N4OS2/c1-2-7-23-14(24)21-22-15(23)26-9-12-8-25-13(20-12)10-3-5-11(6-4-10)16(17,18)19/h3-6,8H,2,7,9H2,1H3,(H,21,24). The van der Waals surface area contributed by atoms with Crippen molar-refractivity contribution < 1.29 is 13.2 Å². The number of benzene rings is 1. The van der Waals surface area contributed by atoms with Gasteiger partial charge in [-0.2, -0.15) is 13.2 Å². The molecular weight excluding hydrogens is 385 g/mol. The van der Waals surface area contributed by atoms with Gasteiger partial charge in [-0.15, -0.1) is 16.4 Å². The Morgan fingerprint density at radius 2 is 2.00 bits per heavy atom. The molecule has 3 aromatic rings. The summed E-state index contributed by atoms with van der Waals surface area (Å²) in [7, 11) is 0. The summed E-state index contributed by atoms with van der Waals surface area (Å²) in [5.41, 5.74) is 0.509. The number of nitrogens with zero attached hydrogens (tertiary/aromatic N) is 3. The van der Waals surface area contributed by atoms with Gasteiger partial charge in [-0.05, 0) is 18.6 Å². The van der Waals surface area contributed by atoms with Gasteiger partial charge in [-0.3, -0.25) is 4.57 Å². The van der Waals surface area contributed by atoms with Crippen molar-refractivity contribution in [3.8, 4) is 10.6 Å². The van der Waals surface area contributed by atoms with E-state index in [4.69, 9.17) is 0 Å². The summed E-state index contributed by atoms with van der Waals surface area (Å²) in [5, 5.41) is 9.55. The van der Waals surface area contributed by atoms with Gasteiger partial charge in [-0.25, -0.2) is 14.9 Å². The summed E-state index contributed by atoms with van der Waals surface area (Å²) in [4.78, 5) is 16.1. The second kappa shape index (κ2) is 7.67. The highest BCUT2D eigenvalue weighted by Gasteiger charge is 2.30. The molecule has 138 valence electrons. The van der Waals surface area contributed by atoms with Gasteiger partial charge in [0.05, 0.1) is 11.3 Å². The number of hydrogen-bond acceptors (Lipinski definition) is 5. The fourth-order valence-corrected chi connectivity index (χ4v) is 4.08. The van der Waals surface area contributed by atoms with E-state index < -0.39 is 11.7 Å². The number of halogens is 3. The Morgan fingerprint density at radius 3 is 2.65 bits per heavy atom. The highest BCUT2D eigenvalue weighted by atomic mass is 32.2. The summed E-state index contributed by atoms with van der Waals surface area (Å²) in [5.74, 6) is 0.519. The minimum atomic E-state index is -4.35. The Kier molecular flexibility index (Phi) is 5.52. The Hall–Kier alpha value is -2.07. The molecule has 2 heterocycles. The Labute approximate surface area is 155 Å². The molecule has 1 N–H and O–H groups in total. The maximum Gasteiger partial charge on any atom is 0.416 e. The lowest BCUT2D eigenvalue weighted by atomic mass is 10.1. The van der Waals surface area contributed by atoms with Gasteiger partial charge in [0.25, 0.3) is 0 Å². The third-order valence-corrected chi connectivity index (χ3v) is 5.48. The van der Waals surface area contributed by atoms with E-state index in [1.165, 1.54) is 35.2 Å². The Morgan fingerprint density at radius 1 is 1.27 bits per heavy atom. The minimum Gasteiger partial charge on any atom is -0.270 e. The number of alkyl halides is 3. The van der Waals surface area contributed by atoms with Crippen LogP contribution in [0.15, 0.2) is 39.6 Å². The molecule has 0 spiro atoms. The second-order valence-electron chi connectivity index (χ2n) is 5.47. The summed E-state index contributed by atoms with van der Waals surface area (Å²) in [6.07, 6.45) is -3.52. The molecule has 0 bridgehead atoms. The molecule has 0 atom stereocenters. The Bertz CT molecular complexity index is 928. The molecular formula is C16H15F3N4OS2. The molecule has 5 nitrogen and oxygen atoms in total. The van der Waals surface area contributed by atoms with Crippen molar-refractivity contribution in [3.63, 3.8) is 0 Å². The lowest BCUT2D eigenvalue weighted by molar-refractivity contribution is -0.137. The number of hydrogen-bond donors (Lipinski definition) is 1. The number of aromatic amines is 1. The van der Waals surface area contributed by atoms with Crippen molar-refractivity contribution in [2.75, 3.05) is 0 Å². The number of aromatic nitrogens is 4. The first-order valence-corrected chi connectivity index (χ1v) is 9.65. The van der Waals surface area contributed by atoms with Crippen LogP contribution in [0.4, 0.5) is 13.2 Å². The molecule has 0 fully saturated rings. The van der Waals surface area contributed by atoms with Crippen molar-refractivity contribution in [2.24, 2.45) is 0 Å². The quantitative estimate of drug-likeness (QED) is 0.623. The van der Waals surface area contributed by atoms with Crippen LogP contribution in [0.5, 0.6) is 0 Å². The molecule has 1 aromatic carbocycles. The predicted molar refractivity (Wildman–Crippen MR) is 95.3 cm³/mol. The van der Waals surface area contributed by atoms with E-state index >= 15 is 0 Å². The summed E-state index contributed by atoms with van der Waals surface area (Å²) in [6, 6.07) is 4.95. The minimum absolute atomic E-state index is 0.238. The van der Waals surface area contributed by atoms with Crippen molar-refractivity contribution in [1.29, 1.82) is 0 Å².